The summed E-state index contributed by atoms with van der Waals surface area (Å²) in [6.07, 6.45) is -2.90. The molecular formula is C13H21F3N4S. The molecule has 4 nitrogen and oxygen atoms in total. The number of nitrogens with zero attached hydrogens (tertiary/aromatic N) is 2. The molecule has 0 unspecified atom stereocenters. The zero-order valence-electron chi connectivity index (χ0n) is 12.4. The van der Waals surface area contributed by atoms with Crippen LogP contribution >= 0.6 is 11.3 Å². The topological polar surface area (TPSA) is 49.3 Å². The third-order valence-corrected chi connectivity index (χ3v) is 3.62. The van der Waals surface area contributed by atoms with Crippen LogP contribution in [-0.2, 0) is 12.6 Å². The van der Waals surface area contributed by atoms with Gasteiger partial charge in [0.1, 0.15) is 0 Å². The summed E-state index contributed by atoms with van der Waals surface area (Å²) in [5.74, 6) is 1.26. The van der Waals surface area contributed by atoms with Gasteiger partial charge in [-0.1, -0.05) is 13.8 Å². The molecule has 8 heteroatoms. The van der Waals surface area contributed by atoms with Crippen molar-refractivity contribution in [2.45, 2.75) is 32.9 Å². The number of alkyl halides is 3. The minimum atomic E-state index is -4.36. The lowest BCUT2D eigenvalue weighted by Gasteiger charge is -2.12. The van der Waals surface area contributed by atoms with Gasteiger partial charge in [-0.3, -0.25) is 4.99 Å². The molecule has 21 heavy (non-hydrogen) atoms. The first-order valence-corrected chi connectivity index (χ1v) is 7.67. The number of aromatic nitrogens is 1. The van der Waals surface area contributed by atoms with E-state index in [9.17, 15) is 13.2 Å². The highest BCUT2D eigenvalue weighted by atomic mass is 32.1. The van der Waals surface area contributed by atoms with E-state index in [0.717, 1.165) is 29.7 Å². The predicted molar refractivity (Wildman–Crippen MR) is 79.6 cm³/mol. The van der Waals surface area contributed by atoms with Crippen molar-refractivity contribution < 1.29 is 13.2 Å². The molecule has 0 aliphatic heterocycles. The summed E-state index contributed by atoms with van der Waals surface area (Å²) in [5.41, 5.74) is -0.818. The van der Waals surface area contributed by atoms with E-state index >= 15 is 0 Å². The van der Waals surface area contributed by atoms with Crippen LogP contribution in [0.4, 0.5) is 13.2 Å². The van der Waals surface area contributed by atoms with Crippen LogP contribution in [-0.4, -0.2) is 31.1 Å². The van der Waals surface area contributed by atoms with Crippen molar-refractivity contribution in [2.24, 2.45) is 10.9 Å². The van der Waals surface area contributed by atoms with Crippen molar-refractivity contribution in [2.75, 3.05) is 20.1 Å². The largest absolute Gasteiger partial charge is 0.434 e. The molecule has 0 aromatic carbocycles. The predicted octanol–water partition coefficient (Wildman–Crippen LogP) is 2.92. The highest BCUT2D eigenvalue weighted by molar-refractivity contribution is 7.09. The van der Waals surface area contributed by atoms with E-state index in [1.54, 1.807) is 7.05 Å². The molecular weight excluding hydrogens is 301 g/mol. The van der Waals surface area contributed by atoms with Crippen molar-refractivity contribution in [3.8, 4) is 0 Å². The van der Waals surface area contributed by atoms with Gasteiger partial charge in [0, 0.05) is 31.9 Å². The van der Waals surface area contributed by atoms with Gasteiger partial charge in [-0.25, -0.2) is 4.98 Å². The fraction of sp³-hybridized carbons (Fsp3) is 0.692. The quantitative estimate of drug-likeness (QED) is 0.625. The Morgan fingerprint density at radius 3 is 2.52 bits per heavy atom. The number of hydrogen-bond acceptors (Lipinski definition) is 3. The fourth-order valence-corrected chi connectivity index (χ4v) is 2.35. The van der Waals surface area contributed by atoms with Crippen LogP contribution < -0.4 is 10.6 Å². The molecule has 0 atom stereocenters. The molecule has 0 amide bonds. The lowest BCUT2D eigenvalue weighted by atomic mass is 10.1. The number of nitrogens with one attached hydrogen (secondary N) is 2. The van der Waals surface area contributed by atoms with E-state index in [4.69, 9.17) is 0 Å². The fourth-order valence-electron chi connectivity index (χ4n) is 1.54. The van der Waals surface area contributed by atoms with E-state index < -0.39 is 11.9 Å². The van der Waals surface area contributed by atoms with Crippen LogP contribution in [0.5, 0.6) is 0 Å². The number of hydrogen-bond donors (Lipinski definition) is 2. The van der Waals surface area contributed by atoms with Crippen LogP contribution in [0.25, 0.3) is 0 Å². The molecule has 1 aromatic rings. The van der Waals surface area contributed by atoms with Crippen LogP contribution in [0, 0.1) is 5.92 Å². The monoisotopic (exact) mass is 322 g/mol. The molecule has 0 radical (unpaired) electrons. The normalized spacial score (nSPS) is 12.8. The molecule has 120 valence electrons. The maximum atomic E-state index is 12.4. The molecule has 0 aliphatic carbocycles. The summed E-state index contributed by atoms with van der Waals surface area (Å²) >= 11 is 1.03. The summed E-state index contributed by atoms with van der Waals surface area (Å²) in [7, 11) is 1.66. The molecule has 1 rings (SSSR count). The van der Waals surface area contributed by atoms with Crippen LogP contribution in [0.15, 0.2) is 10.4 Å². The van der Waals surface area contributed by atoms with E-state index in [1.165, 1.54) is 0 Å². The Morgan fingerprint density at radius 1 is 1.33 bits per heavy atom. The number of guanidine groups is 1. The second kappa shape index (κ2) is 8.21. The molecule has 0 saturated heterocycles. The third-order valence-electron chi connectivity index (χ3n) is 2.71. The first-order chi connectivity index (χ1) is 9.82. The first kappa shape index (κ1) is 17.7. The van der Waals surface area contributed by atoms with Gasteiger partial charge < -0.3 is 10.6 Å². The summed E-state index contributed by atoms with van der Waals surface area (Å²) in [4.78, 5) is 7.64. The zero-order valence-corrected chi connectivity index (χ0v) is 13.2. The second-order valence-corrected chi connectivity index (χ2v) is 5.93. The van der Waals surface area contributed by atoms with Gasteiger partial charge >= 0.3 is 6.18 Å². The van der Waals surface area contributed by atoms with Crippen molar-refractivity contribution in [3.63, 3.8) is 0 Å². The van der Waals surface area contributed by atoms with Crippen molar-refractivity contribution >= 4 is 17.3 Å². The zero-order chi connectivity index (χ0) is 15.9. The first-order valence-electron chi connectivity index (χ1n) is 6.79. The molecule has 1 aromatic heterocycles. The molecule has 0 saturated carbocycles. The summed E-state index contributed by atoms with van der Waals surface area (Å²) < 4.78 is 37.2. The van der Waals surface area contributed by atoms with E-state index in [-0.39, 0.29) is 0 Å². The molecule has 0 bridgehead atoms. The Labute approximate surface area is 126 Å². The Morgan fingerprint density at radius 2 is 2.00 bits per heavy atom. The summed E-state index contributed by atoms with van der Waals surface area (Å²) in [6, 6.07) is 0. The van der Waals surface area contributed by atoms with Gasteiger partial charge in [0.25, 0.3) is 0 Å². The number of halogens is 3. The Kier molecular flexibility index (Phi) is 6.94. The van der Waals surface area contributed by atoms with E-state index in [1.807, 2.05) is 0 Å². The molecule has 2 N–H and O–H groups in total. The van der Waals surface area contributed by atoms with Gasteiger partial charge in [-0.05, 0) is 12.3 Å². The third kappa shape index (κ3) is 6.79. The van der Waals surface area contributed by atoms with Gasteiger partial charge in [0.05, 0.1) is 5.01 Å². The van der Waals surface area contributed by atoms with E-state index in [0.29, 0.717) is 29.9 Å². The van der Waals surface area contributed by atoms with Gasteiger partial charge in [-0.2, -0.15) is 13.2 Å². The lowest BCUT2D eigenvalue weighted by molar-refractivity contribution is -0.140. The van der Waals surface area contributed by atoms with Crippen molar-refractivity contribution in [1.29, 1.82) is 0 Å². The highest BCUT2D eigenvalue weighted by Gasteiger charge is 2.33. The van der Waals surface area contributed by atoms with Crippen LogP contribution in [0.3, 0.4) is 0 Å². The average Bonchev–Trinajstić information content (AvgIpc) is 2.85. The SMILES string of the molecule is CN=C(NCCc1nc(C(F)(F)F)cs1)NCCC(C)C. The van der Waals surface area contributed by atoms with Crippen LogP contribution in [0.1, 0.15) is 31.0 Å². The van der Waals surface area contributed by atoms with Crippen molar-refractivity contribution in [3.05, 3.63) is 16.1 Å². The Balaban J connectivity index is 2.33. The maximum Gasteiger partial charge on any atom is 0.434 e. The summed E-state index contributed by atoms with van der Waals surface area (Å²) in [6.45, 7) is 5.58. The Hall–Kier alpha value is -1.31. The van der Waals surface area contributed by atoms with E-state index in [2.05, 4.69) is 34.5 Å². The molecule has 1 heterocycles. The lowest BCUT2D eigenvalue weighted by Crippen LogP contribution is -2.39. The Bertz CT molecular complexity index is 455. The standard InChI is InChI=1S/C13H21F3N4S/c1-9(2)4-6-18-12(17-3)19-7-5-11-20-10(8-21-11)13(14,15)16/h8-9H,4-7H2,1-3H3,(H2,17,18,19). The van der Waals surface area contributed by atoms with Crippen molar-refractivity contribution in [1.82, 2.24) is 15.6 Å². The minimum absolute atomic E-state index is 0.436. The number of rotatable bonds is 6. The number of aliphatic imine (C=N–C) groups is 1. The second-order valence-electron chi connectivity index (χ2n) is 4.98. The molecule has 0 spiro atoms. The van der Waals surface area contributed by atoms with Gasteiger partial charge in [-0.15, -0.1) is 11.3 Å². The van der Waals surface area contributed by atoms with Crippen LogP contribution in [0.2, 0.25) is 0 Å². The molecule has 0 aliphatic rings. The summed E-state index contributed by atoms with van der Waals surface area (Å²) in [5, 5.41) is 7.73. The number of thiazole rings is 1. The van der Waals surface area contributed by atoms with Gasteiger partial charge in [0.15, 0.2) is 11.7 Å². The minimum Gasteiger partial charge on any atom is -0.356 e. The smallest absolute Gasteiger partial charge is 0.356 e. The average molecular weight is 322 g/mol. The van der Waals surface area contributed by atoms with Gasteiger partial charge in [0.2, 0.25) is 0 Å². The maximum absolute atomic E-state index is 12.4. The molecule has 0 fully saturated rings. The highest BCUT2D eigenvalue weighted by Crippen LogP contribution is 2.29.